The molecule has 152 valence electrons. The van der Waals surface area contributed by atoms with Gasteiger partial charge < -0.3 is 19.4 Å². The molecule has 0 unspecified atom stereocenters. The summed E-state index contributed by atoms with van der Waals surface area (Å²) < 4.78 is 13.0. The maximum atomic E-state index is 12.9. The molecule has 3 aromatic carbocycles. The van der Waals surface area contributed by atoms with Crippen LogP contribution in [0, 0.1) is 0 Å². The van der Waals surface area contributed by atoms with Crippen molar-refractivity contribution >= 4 is 16.9 Å². The number of aryl methyl sites for hydroxylation is 1. The summed E-state index contributed by atoms with van der Waals surface area (Å²) in [5, 5.41) is 2.91. The van der Waals surface area contributed by atoms with Crippen molar-refractivity contribution in [1.29, 1.82) is 0 Å². The van der Waals surface area contributed by atoms with Crippen LogP contribution in [0.1, 0.15) is 10.4 Å². The largest absolute Gasteiger partial charge is 0.457 e. The molecule has 0 radical (unpaired) electrons. The standard InChI is InChI=1S/C24H23N3O3/c1-27-16-26-21-15-17(14-20(23(21)27)24(28)25-12-13-29-2)19-10-6-7-11-22(19)30-18-8-4-3-5-9-18/h3-11,14-16H,12-13H2,1-2H3,(H,25,28). The van der Waals surface area contributed by atoms with Crippen LogP contribution < -0.4 is 10.1 Å². The van der Waals surface area contributed by atoms with Crippen molar-refractivity contribution in [2.45, 2.75) is 0 Å². The van der Waals surface area contributed by atoms with Crippen LogP contribution in [-0.2, 0) is 11.8 Å². The second-order valence-corrected chi connectivity index (χ2v) is 6.91. The van der Waals surface area contributed by atoms with Gasteiger partial charge in [-0.15, -0.1) is 0 Å². The Bertz CT molecular complexity index is 1170. The predicted octanol–water partition coefficient (Wildman–Crippen LogP) is 4.41. The number of carbonyl (C=O) groups is 1. The van der Waals surface area contributed by atoms with Crippen molar-refractivity contribution in [1.82, 2.24) is 14.9 Å². The van der Waals surface area contributed by atoms with Gasteiger partial charge in [-0.25, -0.2) is 4.98 Å². The van der Waals surface area contributed by atoms with Crippen molar-refractivity contribution in [2.75, 3.05) is 20.3 Å². The third-order valence-electron chi connectivity index (χ3n) is 4.82. The number of fused-ring (bicyclic) bond motifs is 1. The minimum atomic E-state index is -0.163. The molecule has 0 saturated heterocycles. The zero-order chi connectivity index (χ0) is 20.9. The van der Waals surface area contributed by atoms with E-state index in [0.29, 0.717) is 24.5 Å². The van der Waals surface area contributed by atoms with E-state index in [9.17, 15) is 4.79 Å². The fourth-order valence-corrected chi connectivity index (χ4v) is 3.39. The normalized spacial score (nSPS) is 10.9. The van der Waals surface area contributed by atoms with Gasteiger partial charge in [0.05, 0.1) is 29.5 Å². The van der Waals surface area contributed by atoms with E-state index >= 15 is 0 Å². The number of methoxy groups -OCH3 is 1. The lowest BCUT2D eigenvalue weighted by Crippen LogP contribution is -2.27. The molecule has 0 bridgehead atoms. The molecule has 30 heavy (non-hydrogen) atoms. The average molecular weight is 401 g/mol. The lowest BCUT2D eigenvalue weighted by atomic mass is 10.00. The zero-order valence-corrected chi connectivity index (χ0v) is 17.0. The van der Waals surface area contributed by atoms with Gasteiger partial charge in [0.1, 0.15) is 11.5 Å². The fraction of sp³-hybridized carbons (Fsp3) is 0.167. The number of para-hydroxylation sites is 2. The highest BCUT2D eigenvalue weighted by Crippen LogP contribution is 2.35. The molecular formula is C24H23N3O3. The van der Waals surface area contributed by atoms with Gasteiger partial charge in [-0.1, -0.05) is 36.4 Å². The molecule has 0 aliphatic carbocycles. The minimum absolute atomic E-state index is 0.163. The first kappa shape index (κ1) is 19.7. The summed E-state index contributed by atoms with van der Waals surface area (Å²) in [4.78, 5) is 17.4. The molecule has 0 aliphatic rings. The first-order valence-corrected chi connectivity index (χ1v) is 9.72. The van der Waals surface area contributed by atoms with E-state index in [0.717, 1.165) is 27.9 Å². The molecule has 0 aliphatic heterocycles. The summed E-state index contributed by atoms with van der Waals surface area (Å²) in [7, 11) is 3.49. The Balaban J connectivity index is 1.78. The Hall–Kier alpha value is -3.64. The Labute approximate surface area is 175 Å². The molecule has 4 rings (SSSR count). The lowest BCUT2D eigenvalue weighted by Gasteiger charge is -2.13. The van der Waals surface area contributed by atoms with Gasteiger partial charge in [-0.05, 0) is 35.9 Å². The number of rotatable bonds is 7. The van der Waals surface area contributed by atoms with Crippen molar-refractivity contribution in [3.05, 3.63) is 78.6 Å². The number of nitrogens with one attached hydrogen (secondary N) is 1. The molecule has 0 fully saturated rings. The third kappa shape index (κ3) is 4.04. The Morgan fingerprint density at radius 2 is 1.83 bits per heavy atom. The van der Waals surface area contributed by atoms with E-state index in [4.69, 9.17) is 9.47 Å². The molecule has 0 saturated carbocycles. The van der Waals surface area contributed by atoms with Crippen molar-refractivity contribution < 1.29 is 14.3 Å². The highest BCUT2D eigenvalue weighted by molar-refractivity contribution is 6.07. The molecule has 1 amide bonds. The first-order valence-electron chi connectivity index (χ1n) is 9.72. The molecule has 6 nitrogen and oxygen atoms in total. The maximum Gasteiger partial charge on any atom is 0.253 e. The number of benzene rings is 3. The average Bonchev–Trinajstić information content (AvgIpc) is 3.15. The van der Waals surface area contributed by atoms with Gasteiger partial charge in [0.25, 0.3) is 5.91 Å². The number of amides is 1. The van der Waals surface area contributed by atoms with Crippen LogP contribution in [-0.4, -0.2) is 35.7 Å². The predicted molar refractivity (Wildman–Crippen MR) is 117 cm³/mol. The minimum Gasteiger partial charge on any atom is -0.457 e. The van der Waals surface area contributed by atoms with Crippen molar-refractivity contribution in [2.24, 2.45) is 7.05 Å². The van der Waals surface area contributed by atoms with Crippen LogP contribution in [0.5, 0.6) is 11.5 Å². The van der Waals surface area contributed by atoms with Gasteiger partial charge >= 0.3 is 0 Å². The molecule has 0 spiro atoms. The van der Waals surface area contributed by atoms with E-state index < -0.39 is 0 Å². The summed E-state index contributed by atoms with van der Waals surface area (Å²) in [6.07, 6.45) is 1.72. The Kier molecular flexibility index (Phi) is 5.77. The number of carbonyl (C=O) groups excluding carboxylic acids is 1. The summed E-state index contributed by atoms with van der Waals surface area (Å²) >= 11 is 0. The molecule has 1 N–H and O–H groups in total. The molecule has 6 heteroatoms. The van der Waals surface area contributed by atoms with Crippen LogP contribution >= 0.6 is 0 Å². The highest BCUT2D eigenvalue weighted by Gasteiger charge is 2.17. The summed E-state index contributed by atoms with van der Waals surface area (Å²) in [5.41, 5.74) is 3.86. The second-order valence-electron chi connectivity index (χ2n) is 6.91. The van der Waals surface area contributed by atoms with E-state index in [1.165, 1.54) is 0 Å². The second kappa shape index (κ2) is 8.80. The Morgan fingerprint density at radius 1 is 1.07 bits per heavy atom. The molecule has 1 heterocycles. The number of nitrogens with zero attached hydrogens (tertiary/aromatic N) is 2. The molecule has 4 aromatic rings. The van der Waals surface area contributed by atoms with Gasteiger partial charge in [-0.3, -0.25) is 4.79 Å². The molecule has 0 atom stereocenters. The number of imidazole rings is 1. The summed E-state index contributed by atoms with van der Waals surface area (Å²) in [6.45, 7) is 0.889. The number of ether oxygens (including phenoxy) is 2. The number of aromatic nitrogens is 2. The van der Waals surface area contributed by atoms with E-state index in [1.807, 2.05) is 78.3 Å². The van der Waals surface area contributed by atoms with E-state index in [2.05, 4.69) is 10.3 Å². The van der Waals surface area contributed by atoms with Crippen LogP contribution in [0.3, 0.4) is 0 Å². The molecular weight excluding hydrogens is 378 g/mol. The fourth-order valence-electron chi connectivity index (χ4n) is 3.39. The van der Waals surface area contributed by atoms with Crippen LogP contribution in [0.25, 0.3) is 22.2 Å². The van der Waals surface area contributed by atoms with E-state index in [1.54, 1.807) is 13.4 Å². The monoisotopic (exact) mass is 401 g/mol. The zero-order valence-electron chi connectivity index (χ0n) is 17.0. The SMILES string of the molecule is COCCNC(=O)c1cc(-c2ccccc2Oc2ccccc2)cc2ncn(C)c12. The van der Waals surface area contributed by atoms with Gasteiger partial charge in [-0.2, -0.15) is 0 Å². The quantitative estimate of drug-likeness (QED) is 0.466. The Morgan fingerprint density at radius 3 is 2.63 bits per heavy atom. The highest BCUT2D eigenvalue weighted by atomic mass is 16.5. The van der Waals surface area contributed by atoms with Gasteiger partial charge in [0.2, 0.25) is 0 Å². The number of hydrogen-bond donors (Lipinski definition) is 1. The molecule has 1 aromatic heterocycles. The topological polar surface area (TPSA) is 65.4 Å². The number of hydrogen-bond acceptors (Lipinski definition) is 4. The lowest BCUT2D eigenvalue weighted by molar-refractivity contribution is 0.0938. The van der Waals surface area contributed by atoms with Crippen molar-refractivity contribution in [3.63, 3.8) is 0 Å². The van der Waals surface area contributed by atoms with Crippen LogP contribution in [0.4, 0.5) is 0 Å². The van der Waals surface area contributed by atoms with Crippen LogP contribution in [0.15, 0.2) is 73.1 Å². The smallest absolute Gasteiger partial charge is 0.253 e. The first-order chi connectivity index (χ1) is 14.7. The summed E-state index contributed by atoms with van der Waals surface area (Å²) in [5.74, 6) is 1.30. The van der Waals surface area contributed by atoms with Crippen LogP contribution in [0.2, 0.25) is 0 Å². The third-order valence-corrected chi connectivity index (χ3v) is 4.82. The van der Waals surface area contributed by atoms with E-state index in [-0.39, 0.29) is 5.91 Å². The maximum absolute atomic E-state index is 12.9. The van der Waals surface area contributed by atoms with Crippen molar-refractivity contribution in [3.8, 4) is 22.6 Å². The van der Waals surface area contributed by atoms with Gasteiger partial charge in [0, 0.05) is 26.3 Å². The summed E-state index contributed by atoms with van der Waals surface area (Å²) in [6, 6.07) is 21.3. The van der Waals surface area contributed by atoms with Gasteiger partial charge in [0.15, 0.2) is 0 Å².